The molecule has 0 heterocycles. The lowest BCUT2D eigenvalue weighted by Gasteiger charge is -2.38. The zero-order valence-electron chi connectivity index (χ0n) is 20.0. The van der Waals surface area contributed by atoms with Gasteiger partial charge in [0.15, 0.2) is 5.78 Å². The van der Waals surface area contributed by atoms with E-state index in [1.54, 1.807) is 0 Å². The third-order valence-corrected chi connectivity index (χ3v) is 5.88. The molecule has 0 amide bonds. The van der Waals surface area contributed by atoms with Gasteiger partial charge in [0, 0.05) is 18.0 Å². The van der Waals surface area contributed by atoms with Crippen molar-refractivity contribution < 1.29 is 4.79 Å². The van der Waals surface area contributed by atoms with Crippen molar-refractivity contribution in [1.29, 1.82) is 0 Å². The standard InChI is InChI=1S/C24H50N2O/c1-18(2)10-13-24(14-11-19(3)4,15-12-20(5)6)26-17-23(27)22(16-25-9)21(7)8/h18-22,25-26H,10-17H2,1-9H3. The van der Waals surface area contributed by atoms with E-state index in [0.717, 1.165) is 6.54 Å². The Morgan fingerprint density at radius 2 is 1.19 bits per heavy atom. The molecule has 0 fully saturated rings. The summed E-state index contributed by atoms with van der Waals surface area (Å²) in [6, 6.07) is 0. The van der Waals surface area contributed by atoms with Crippen molar-refractivity contribution in [3.05, 3.63) is 0 Å². The molecular weight excluding hydrogens is 332 g/mol. The van der Waals surface area contributed by atoms with Crippen molar-refractivity contribution in [1.82, 2.24) is 10.6 Å². The predicted octanol–water partition coefficient (Wildman–Crippen LogP) is 5.68. The number of carbonyl (C=O) groups is 1. The molecule has 0 aliphatic carbocycles. The second-order valence-electron chi connectivity index (χ2n) is 10.3. The van der Waals surface area contributed by atoms with E-state index in [1.165, 1.54) is 38.5 Å². The van der Waals surface area contributed by atoms with Crippen molar-refractivity contribution in [2.45, 2.75) is 99.5 Å². The average Bonchev–Trinajstić information content (AvgIpc) is 2.57. The van der Waals surface area contributed by atoms with E-state index in [9.17, 15) is 4.79 Å². The van der Waals surface area contributed by atoms with E-state index in [1.807, 2.05) is 7.05 Å². The molecule has 0 aromatic carbocycles. The van der Waals surface area contributed by atoms with Crippen LogP contribution in [0.5, 0.6) is 0 Å². The Balaban J connectivity index is 5.26. The van der Waals surface area contributed by atoms with E-state index in [4.69, 9.17) is 0 Å². The molecule has 0 aliphatic rings. The fourth-order valence-corrected chi connectivity index (χ4v) is 3.68. The zero-order valence-corrected chi connectivity index (χ0v) is 20.0. The van der Waals surface area contributed by atoms with E-state index in [-0.39, 0.29) is 11.5 Å². The molecule has 27 heavy (non-hydrogen) atoms. The van der Waals surface area contributed by atoms with Crippen LogP contribution in [0.3, 0.4) is 0 Å². The summed E-state index contributed by atoms with van der Waals surface area (Å²) in [5.41, 5.74) is 0.107. The molecule has 0 bridgehead atoms. The quantitative estimate of drug-likeness (QED) is 0.360. The van der Waals surface area contributed by atoms with Gasteiger partial charge in [-0.05, 0) is 69.2 Å². The van der Waals surface area contributed by atoms with E-state index in [2.05, 4.69) is 66.0 Å². The highest BCUT2D eigenvalue weighted by atomic mass is 16.1. The van der Waals surface area contributed by atoms with Gasteiger partial charge in [0.05, 0.1) is 6.54 Å². The molecule has 2 N–H and O–H groups in total. The molecule has 3 nitrogen and oxygen atoms in total. The lowest BCUT2D eigenvalue weighted by Crippen LogP contribution is -2.50. The van der Waals surface area contributed by atoms with Crippen LogP contribution in [0.2, 0.25) is 0 Å². The molecule has 1 atom stereocenters. The third kappa shape index (κ3) is 11.9. The number of hydrogen-bond donors (Lipinski definition) is 2. The van der Waals surface area contributed by atoms with Gasteiger partial charge in [0.2, 0.25) is 0 Å². The van der Waals surface area contributed by atoms with Crippen LogP contribution in [0.1, 0.15) is 93.9 Å². The molecule has 0 aromatic heterocycles. The molecule has 0 spiro atoms. The zero-order chi connectivity index (χ0) is 21.0. The van der Waals surface area contributed by atoms with Crippen molar-refractivity contribution in [2.75, 3.05) is 20.1 Å². The molecule has 1 unspecified atom stereocenters. The van der Waals surface area contributed by atoms with Gasteiger partial charge < -0.3 is 10.6 Å². The summed E-state index contributed by atoms with van der Waals surface area (Å²) in [6.45, 7) is 19.4. The summed E-state index contributed by atoms with van der Waals surface area (Å²) in [6.07, 6.45) is 7.20. The van der Waals surface area contributed by atoms with Crippen LogP contribution >= 0.6 is 0 Å². The normalized spacial score (nSPS) is 14.0. The maximum Gasteiger partial charge on any atom is 0.151 e. The SMILES string of the molecule is CNCC(C(=O)CNC(CCC(C)C)(CCC(C)C)CCC(C)C)C(C)C. The second-order valence-corrected chi connectivity index (χ2v) is 10.3. The van der Waals surface area contributed by atoms with E-state index >= 15 is 0 Å². The lowest BCUT2D eigenvalue weighted by atomic mass is 9.79. The fourth-order valence-electron chi connectivity index (χ4n) is 3.68. The minimum absolute atomic E-state index is 0.0977. The largest absolute Gasteiger partial charge is 0.319 e. The first-order valence-electron chi connectivity index (χ1n) is 11.4. The molecular formula is C24H50N2O. The molecule has 0 saturated carbocycles. The minimum atomic E-state index is 0.0977. The molecule has 3 heteroatoms. The van der Waals surface area contributed by atoms with E-state index < -0.39 is 0 Å². The maximum atomic E-state index is 12.9. The van der Waals surface area contributed by atoms with Gasteiger partial charge in [-0.15, -0.1) is 0 Å². The number of nitrogens with one attached hydrogen (secondary N) is 2. The number of hydrogen-bond acceptors (Lipinski definition) is 3. The highest BCUT2D eigenvalue weighted by Gasteiger charge is 2.31. The molecule has 162 valence electrons. The Morgan fingerprint density at radius 1 is 0.778 bits per heavy atom. The Morgan fingerprint density at radius 3 is 1.48 bits per heavy atom. The second kappa shape index (κ2) is 13.7. The fraction of sp³-hybridized carbons (Fsp3) is 0.958. The van der Waals surface area contributed by atoms with Crippen molar-refractivity contribution in [2.24, 2.45) is 29.6 Å². The Labute approximate surface area is 170 Å². The van der Waals surface area contributed by atoms with Gasteiger partial charge in [-0.25, -0.2) is 0 Å². The maximum absolute atomic E-state index is 12.9. The number of ketones is 1. The summed E-state index contributed by atoms with van der Waals surface area (Å²) in [7, 11) is 1.94. The highest BCUT2D eigenvalue weighted by molar-refractivity contribution is 5.83. The van der Waals surface area contributed by atoms with Crippen LogP contribution in [0, 0.1) is 29.6 Å². The van der Waals surface area contributed by atoms with E-state index in [0.29, 0.717) is 36.0 Å². The third-order valence-electron chi connectivity index (χ3n) is 5.88. The number of rotatable bonds is 16. The Bertz CT molecular complexity index is 357. The van der Waals surface area contributed by atoms with Crippen LogP contribution < -0.4 is 10.6 Å². The first kappa shape index (κ1) is 26.6. The van der Waals surface area contributed by atoms with Crippen LogP contribution in [0.25, 0.3) is 0 Å². The summed E-state index contributed by atoms with van der Waals surface area (Å²) in [4.78, 5) is 12.9. The summed E-state index contributed by atoms with van der Waals surface area (Å²) in [5.74, 6) is 2.94. The summed E-state index contributed by atoms with van der Waals surface area (Å²) in [5, 5.41) is 7.01. The first-order valence-corrected chi connectivity index (χ1v) is 11.4. The summed E-state index contributed by atoms with van der Waals surface area (Å²) < 4.78 is 0. The molecule has 0 saturated heterocycles. The van der Waals surface area contributed by atoms with Crippen LogP contribution in [-0.2, 0) is 4.79 Å². The topological polar surface area (TPSA) is 41.1 Å². The van der Waals surface area contributed by atoms with Gasteiger partial charge in [-0.3, -0.25) is 4.79 Å². The lowest BCUT2D eigenvalue weighted by molar-refractivity contribution is -0.123. The smallest absolute Gasteiger partial charge is 0.151 e. The molecule has 0 aromatic rings. The van der Waals surface area contributed by atoms with Gasteiger partial charge >= 0.3 is 0 Å². The van der Waals surface area contributed by atoms with Crippen LogP contribution in [0.15, 0.2) is 0 Å². The number of Topliss-reactive ketones (excluding diaryl/α,β-unsaturated/α-hetero) is 1. The summed E-state index contributed by atoms with van der Waals surface area (Å²) >= 11 is 0. The average molecular weight is 383 g/mol. The van der Waals surface area contributed by atoms with Crippen LogP contribution in [-0.4, -0.2) is 31.5 Å². The highest BCUT2D eigenvalue weighted by Crippen LogP contribution is 2.30. The van der Waals surface area contributed by atoms with Crippen LogP contribution in [0.4, 0.5) is 0 Å². The Hall–Kier alpha value is -0.410. The molecule has 0 aliphatic heterocycles. The van der Waals surface area contributed by atoms with Gasteiger partial charge in [0.1, 0.15) is 0 Å². The molecule has 0 rings (SSSR count). The van der Waals surface area contributed by atoms with Gasteiger partial charge in [0.25, 0.3) is 0 Å². The van der Waals surface area contributed by atoms with Gasteiger partial charge in [-0.1, -0.05) is 55.4 Å². The van der Waals surface area contributed by atoms with Crippen molar-refractivity contribution in [3.63, 3.8) is 0 Å². The predicted molar refractivity (Wildman–Crippen MR) is 120 cm³/mol. The minimum Gasteiger partial charge on any atom is -0.319 e. The van der Waals surface area contributed by atoms with Gasteiger partial charge in [-0.2, -0.15) is 0 Å². The van der Waals surface area contributed by atoms with Crippen molar-refractivity contribution >= 4 is 5.78 Å². The molecule has 0 radical (unpaired) electrons. The monoisotopic (exact) mass is 382 g/mol. The number of carbonyl (C=O) groups excluding carboxylic acids is 1. The van der Waals surface area contributed by atoms with Crippen molar-refractivity contribution in [3.8, 4) is 0 Å². The Kier molecular flexibility index (Phi) is 13.5. The first-order chi connectivity index (χ1) is 12.5.